The van der Waals surface area contributed by atoms with Crippen LogP contribution in [-0.4, -0.2) is 30.3 Å². The maximum atomic E-state index is 12.3. The first-order chi connectivity index (χ1) is 14.6. The lowest BCUT2D eigenvalue weighted by molar-refractivity contribution is -0.121. The molecule has 7 heteroatoms. The molecule has 3 aromatic carbocycles. The Morgan fingerprint density at radius 1 is 1.13 bits per heavy atom. The molecule has 152 valence electrons. The highest BCUT2D eigenvalue weighted by Gasteiger charge is 2.33. The maximum absolute atomic E-state index is 12.3. The van der Waals surface area contributed by atoms with Crippen LogP contribution in [0.15, 0.2) is 77.8 Å². The Kier molecular flexibility index (Phi) is 5.70. The van der Waals surface area contributed by atoms with E-state index in [1.54, 1.807) is 7.11 Å². The Hall–Kier alpha value is -3.35. The highest BCUT2D eigenvalue weighted by Crippen LogP contribution is 2.41. The van der Waals surface area contributed by atoms with Crippen molar-refractivity contribution < 1.29 is 9.53 Å². The number of carbonyl (C=O) groups excluding carboxylic acids is 1. The van der Waals surface area contributed by atoms with Gasteiger partial charge in [-0.25, -0.2) is 10.8 Å². The van der Waals surface area contributed by atoms with Gasteiger partial charge in [0.15, 0.2) is 0 Å². The minimum atomic E-state index is -0.317. The van der Waals surface area contributed by atoms with Gasteiger partial charge in [0.05, 0.1) is 18.8 Å². The van der Waals surface area contributed by atoms with Gasteiger partial charge in [0.25, 0.3) is 5.91 Å². The molecule has 1 atom stereocenters. The molecule has 0 radical (unpaired) electrons. The second-order valence-corrected chi connectivity index (χ2v) is 7.31. The van der Waals surface area contributed by atoms with E-state index in [4.69, 9.17) is 27.2 Å². The van der Waals surface area contributed by atoms with Crippen LogP contribution in [-0.2, 0) is 4.79 Å². The number of amidine groups is 1. The van der Waals surface area contributed by atoms with E-state index < -0.39 is 0 Å². The number of amides is 1. The van der Waals surface area contributed by atoms with Crippen molar-refractivity contribution in [2.24, 2.45) is 10.8 Å². The van der Waals surface area contributed by atoms with E-state index in [0.29, 0.717) is 10.9 Å². The summed E-state index contributed by atoms with van der Waals surface area (Å²) in [7, 11) is 1.62. The quantitative estimate of drug-likeness (QED) is 0.373. The van der Waals surface area contributed by atoms with Crippen molar-refractivity contribution in [2.75, 3.05) is 13.7 Å². The van der Waals surface area contributed by atoms with Crippen LogP contribution in [0.25, 0.3) is 0 Å². The fourth-order valence-electron chi connectivity index (χ4n) is 3.65. The van der Waals surface area contributed by atoms with Gasteiger partial charge in [0, 0.05) is 16.1 Å². The summed E-state index contributed by atoms with van der Waals surface area (Å²) < 4.78 is 5.28. The Balaban J connectivity index is 1.91. The fraction of sp³-hybridized carbons (Fsp3) is 0.130. The molecular weight excluding hydrogens is 400 g/mol. The second kappa shape index (κ2) is 8.57. The summed E-state index contributed by atoms with van der Waals surface area (Å²) >= 11 is 6.32. The van der Waals surface area contributed by atoms with Crippen molar-refractivity contribution >= 4 is 29.0 Å². The van der Waals surface area contributed by atoms with E-state index in [1.807, 2.05) is 77.7 Å². The number of halogens is 1. The molecule has 1 amide bonds. The summed E-state index contributed by atoms with van der Waals surface area (Å²) in [4.78, 5) is 19.2. The molecule has 1 unspecified atom stereocenters. The van der Waals surface area contributed by atoms with Gasteiger partial charge in [0.2, 0.25) is 0 Å². The highest BCUT2D eigenvalue weighted by molar-refractivity contribution is 6.30. The SMILES string of the molecule is COc1ccc(C2=Nc3ccc(Cl)cc3C(c3ccccc3)N2CC(=O)NN)cc1. The number of nitrogens with two attached hydrogens (primary N) is 1. The molecule has 3 N–H and O–H groups in total. The van der Waals surface area contributed by atoms with E-state index in [0.717, 1.165) is 28.1 Å². The van der Waals surface area contributed by atoms with Crippen LogP contribution in [0, 0.1) is 0 Å². The van der Waals surface area contributed by atoms with Crippen LogP contribution < -0.4 is 16.0 Å². The third-order valence-electron chi connectivity index (χ3n) is 5.03. The number of methoxy groups -OCH3 is 1. The van der Waals surface area contributed by atoms with Gasteiger partial charge in [-0.1, -0.05) is 41.9 Å². The largest absolute Gasteiger partial charge is 0.497 e. The van der Waals surface area contributed by atoms with Crippen molar-refractivity contribution in [1.29, 1.82) is 0 Å². The molecule has 0 saturated heterocycles. The predicted octanol–water partition coefficient (Wildman–Crippen LogP) is 3.82. The van der Waals surface area contributed by atoms with E-state index in [9.17, 15) is 4.79 Å². The molecule has 0 fully saturated rings. The molecule has 6 nitrogen and oxygen atoms in total. The molecule has 0 spiro atoms. The molecule has 3 aromatic rings. The monoisotopic (exact) mass is 420 g/mol. The van der Waals surface area contributed by atoms with Crippen LogP contribution in [0.2, 0.25) is 5.02 Å². The van der Waals surface area contributed by atoms with E-state index in [2.05, 4.69) is 5.43 Å². The fourth-order valence-corrected chi connectivity index (χ4v) is 3.83. The summed E-state index contributed by atoms with van der Waals surface area (Å²) in [5.74, 6) is 6.51. The number of aliphatic imine (C=N–C) groups is 1. The predicted molar refractivity (Wildman–Crippen MR) is 118 cm³/mol. The van der Waals surface area contributed by atoms with Crippen molar-refractivity contribution in [2.45, 2.75) is 6.04 Å². The van der Waals surface area contributed by atoms with Gasteiger partial charge < -0.3 is 9.64 Å². The number of nitrogens with zero attached hydrogens (tertiary/aromatic N) is 2. The molecule has 0 bridgehead atoms. The number of rotatable bonds is 5. The lowest BCUT2D eigenvalue weighted by atomic mass is 9.93. The lowest BCUT2D eigenvalue weighted by Gasteiger charge is -2.38. The number of benzene rings is 3. The van der Waals surface area contributed by atoms with Crippen LogP contribution in [0.1, 0.15) is 22.7 Å². The Morgan fingerprint density at radius 3 is 2.53 bits per heavy atom. The summed E-state index contributed by atoms with van der Waals surface area (Å²) in [6, 6.07) is 22.9. The smallest absolute Gasteiger partial charge is 0.253 e. The zero-order chi connectivity index (χ0) is 21.1. The average molecular weight is 421 g/mol. The van der Waals surface area contributed by atoms with Crippen molar-refractivity contribution in [3.63, 3.8) is 0 Å². The normalized spacial score (nSPS) is 15.2. The summed E-state index contributed by atoms with van der Waals surface area (Å²) in [5, 5.41) is 0.612. The summed E-state index contributed by atoms with van der Waals surface area (Å²) in [6.45, 7) is 0.0346. The molecular formula is C23H21ClN4O2. The first kappa shape index (κ1) is 19.9. The number of nitrogens with one attached hydrogen (secondary N) is 1. The topological polar surface area (TPSA) is 80.0 Å². The van der Waals surface area contributed by atoms with Gasteiger partial charge in [0.1, 0.15) is 18.1 Å². The van der Waals surface area contributed by atoms with Crippen LogP contribution in [0.5, 0.6) is 5.75 Å². The van der Waals surface area contributed by atoms with Crippen LogP contribution >= 0.6 is 11.6 Å². The van der Waals surface area contributed by atoms with Crippen LogP contribution in [0.4, 0.5) is 5.69 Å². The van der Waals surface area contributed by atoms with E-state index in [-0.39, 0.29) is 18.5 Å². The number of fused-ring (bicyclic) bond motifs is 1. The summed E-state index contributed by atoms with van der Waals surface area (Å²) in [6.07, 6.45) is 0. The van der Waals surface area contributed by atoms with Gasteiger partial charge >= 0.3 is 0 Å². The van der Waals surface area contributed by atoms with E-state index >= 15 is 0 Å². The number of carbonyl (C=O) groups is 1. The Labute approximate surface area is 179 Å². The zero-order valence-corrected chi connectivity index (χ0v) is 17.1. The zero-order valence-electron chi connectivity index (χ0n) is 16.4. The molecule has 0 aromatic heterocycles. The molecule has 1 heterocycles. The van der Waals surface area contributed by atoms with Gasteiger partial charge in [-0.15, -0.1) is 0 Å². The van der Waals surface area contributed by atoms with E-state index in [1.165, 1.54) is 0 Å². The highest BCUT2D eigenvalue weighted by atomic mass is 35.5. The molecule has 1 aliphatic heterocycles. The Bertz CT molecular complexity index is 1080. The standard InChI is InChI=1S/C23H21ClN4O2/c1-30-18-10-7-16(8-11-18)23-26-20-12-9-17(24)13-19(20)22(15-5-3-2-4-6-15)28(23)14-21(29)27-25/h2-13,22H,14,25H2,1H3,(H,27,29). The molecule has 0 saturated carbocycles. The number of ether oxygens (including phenoxy) is 1. The van der Waals surface area contributed by atoms with Gasteiger partial charge in [-0.3, -0.25) is 10.2 Å². The minimum absolute atomic E-state index is 0.0346. The number of hydrogen-bond donors (Lipinski definition) is 2. The molecule has 0 aliphatic carbocycles. The summed E-state index contributed by atoms with van der Waals surface area (Å²) in [5.41, 5.74) is 5.85. The Morgan fingerprint density at radius 2 is 1.87 bits per heavy atom. The lowest BCUT2D eigenvalue weighted by Crippen LogP contribution is -2.46. The maximum Gasteiger partial charge on any atom is 0.253 e. The number of hydrogen-bond acceptors (Lipinski definition) is 5. The second-order valence-electron chi connectivity index (χ2n) is 6.88. The van der Waals surface area contributed by atoms with Crippen molar-refractivity contribution in [3.8, 4) is 5.75 Å². The van der Waals surface area contributed by atoms with Crippen LogP contribution in [0.3, 0.4) is 0 Å². The van der Waals surface area contributed by atoms with Crippen molar-refractivity contribution in [3.05, 3.63) is 94.5 Å². The van der Waals surface area contributed by atoms with Gasteiger partial charge in [-0.05, 0) is 48.0 Å². The average Bonchev–Trinajstić information content (AvgIpc) is 2.79. The third kappa shape index (κ3) is 3.87. The number of hydrazine groups is 1. The first-order valence-corrected chi connectivity index (χ1v) is 9.82. The minimum Gasteiger partial charge on any atom is -0.497 e. The molecule has 1 aliphatic rings. The van der Waals surface area contributed by atoms with Crippen molar-refractivity contribution in [1.82, 2.24) is 10.3 Å². The first-order valence-electron chi connectivity index (χ1n) is 9.44. The third-order valence-corrected chi connectivity index (χ3v) is 5.27. The van der Waals surface area contributed by atoms with Gasteiger partial charge in [-0.2, -0.15) is 0 Å². The molecule has 4 rings (SSSR count). The molecule has 30 heavy (non-hydrogen) atoms.